The number of aromatic nitrogens is 1. The van der Waals surface area contributed by atoms with Crippen LogP contribution in [0.1, 0.15) is 5.56 Å². The summed E-state index contributed by atoms with van der Waals surface area (Å²) in [6, 6.07) is 11.3. The molecule has 0 fully saturated rings. The van der Waals surface area contributed by atoms with Gasteiger partial charge >= 0.3 is 5.97 Å². The van der Waals surface area contributed by atoms with Crippen molar-refractivity contribution < 1.29 is 27.5 Å². The predicted octanol–water partition coefficient (Wildman–Crippen LogP) is 1.20. The molecule has 0 spiro atoms. The number of esters is 1. The van der Waals surface area contributed by atoms with Gasteiger partial charge in [0.2, 0.25) is 10.0 Å². The molecule has 11 heteroatoms. The van der Waals surface area contributed by atoms with Crippen LogP contribution in [0.3, 0.4) is 0 Å². The summed E-state index contributed by atoms with van der Waals surface area (Å²) in [6.07, 6.45) is 0.0338. The summed E-state index contributed by atoms with van der Waals surface area (Å²) in [6.45, 7) is -0.184. The van der Waals surface area contributed by atoms with Gasteiger partial charge in [0.15, 0.2) is 4.80 Å². The van der Waals surface area contributed by atoms with Gasteiger partial charge in [0.25, 0.3) is 5.91 Å². The molecule has 9 nitrogen and oxygen atoms in total. The van der Waals surface area contributed by atoms with Crippen LogP contribution in [0.5, 0.6) is 5.75 Å². The fourth-order valence-corrected chi connectivity index (χ4v) is 4.47. The first-order chi connectivity index (χ1) is 14.2. The molecular weight excluding hydrogens is 430 g/mol. The standard InChI is InChI=1S/C19H19N3O6S2/c1-27-13-5-3-4-12(8-13)9-17(23)21-19-22(11-18(24)28-2)15-7-6-14(30(20,25)26)10-16(15)29-19/h3-8,10H,9,11H2,1-2H3,(H2,20,25,26). The van der Waals surface area contributed by atoms with Gasteiger partial charge in [-0.1, -0.05) is 23.5 Å². The Bertz CT molecular complexity index is 1290. The number of ether oxygens (including phenoxy) is 2. The van der Waals surface area contributed by atoms with Crippen LogP contribution >= 0.6 is 11.3 Å². The van der Waals surface area contributed by atoms with E-state index in [1.807, 2.05) is 0 Å². The molecule has 0 bridgehead atoms. The van der Waals surface area contributed by atoms with Gasteiger partial charge < -0.3 is 14.0 Å². The maximum absolute atomic E-state index is 12.5. The fourth-order valence-electron chi connectivity index (χ4n) is 2.77. The minimum atomic E-state index is -3.90. The molecule has 0 aliphatic carbocycles. The minimum Gasteiger partial charge on any atom is -0.497 e. The molecule has 2 aromatic carbocycles. The highest BCUT2D eigenvalue weighted by atomic mass is 32.2. The molecule has 1 amide bonds. The van der Waals surface area contributed by atoms with Crippen molar-refractivity contribution in [2.24, 2.45) is 10.1 Å². The third-order valence-electron chi connectivity index (χ3n) is 4.21. The van der Waals surface area contributed by atoms with E-state index < -0.39 is 21.9 Å². The predicted molar refractivity (Wildman–Crippen MR) is 110 cm³/mol. The SMILES string of the molecule is COC(=O)Cn1c(=NC(=O)Cc2cccc(OC)c2)sc2cc(S(N)(=O)=O)ccc21. The first-order valence-electron chi connectivity index (χ1n) is 8.65. The van der Waals surface area contributed by atoms with E-state index >= 15 is 0 Å². The number of amides is 1. The van der Waals surface area contributed by atoms with Crippen LogP contribution in [0.2, 0.25) is 0 Å². The number of rotatable bonds is 6. The Labute approximate surface area is 176 Å². The molecular formula is C19H19N3O6S2. The van der Waals surface area contributed by atoms with Crippen molar-refractivity contribution in [3.05, 3.63) is 52.8 Å². The number of fused-ring (bicyclic) bond motifs is 1. The van der Waals surface area contributed by atoms with Crippen LogP contribution in [-0.4, -0.2) is 39.1 Å². The van der Waals surface area contributed by atoms with E-state index in [2.05, 4.69) is 4.99 Å². The van der Waals surface area contributed by atoms with E-state index in [1.165, 1.54) is 37.0 Å². The third-order valence-corrected chi connectivity index (χ3v) is 6.16. The first-order valence-corrected chi connectivity index (χ1v) is 11.0. The van der Waals surface area contributed by atoms with Gasteiger partial charge in [0.1, 0.15) is 12.3 Å². The lowest BCUT2D eigenvalue weighted by Gasteiger charge is -2.04. The number of hydrogen-bond acceptors (Lipinski definition) is 7. The highest BCUT2D eigenvalue weighted by Crippen LogP contribution is 2.21. The van der Waals surface area contributed by atoms with E-state index in [0.717, 1.165) is 16.9 Å². The normalized spacial score (nSPS) is 12.2. The number of hydrogen-bond donors (Lipinski definition) is 1. The Morgan fingerprint density at radius 2 is 1.93 bits per heavy atom. The van der Waals surface area contributed by atoms with Crippen molar-refractivity contribution in [1.29, 1.82) is 0 Å². The maximum atomic E-state index is 12.5. The van der Waals surface area contributed by atoms with E-state index in [1.54, 1.807) is 24.3 Å². The topological polar surface area (TPSA) is 130 Å². The number of sulfonamides is 1. The van der Waals surface area contributed by atoms with Gasteiger partial charge in [0.05, 0.1) is 35.8 Å². The van der Waals surface area contributed by atoms with Gasteiger partial charge in [-0.15, -0.1) is 0 Å². The Morgan fingerprint density at radius 3 is 2.60 bits per heavy atom. The smallest absolute Gasteiger partial charge is 0.325 e. The molecule has 1 heterocycles. The van der Waals surface area contributed by atoms with Crippen LogP contribution in [0, 0.1) is 0 Å². The van der Waals surface area contributed by atoms with Crippen LogP contribution in [0.25, 0.3) is 10.2 Å². The van der Waals surface area contributed by atoms with Gasteiger partial charge in [0, 0.05) is 0 Å². The Balaban J connectivity index is 2.06. The number of nitrogens with zero attached hydrogens (tertiary/aromatic N) is 2. The number of carbonyl (C=O) groups is 2. The Morgan fingerprint density at radius 1 is 1.17 bits per heavy atom. The summed E-state index contributed by atoms with van der Waals surface area (Å²) >= 11 is 1.08. The molecule has 0 atom stereocenters. The van der Waals surface area contributed by atoms with E-state index in [0.29, 0.717) is 16.0 Å². The van der Waals surface area contributed by atoms with Gasteiger partial charge in [-0.25, -0.2) is 13.6 Å². The second-order valence-corrected chi connectivity index (χ2v) is 8.83. The highest BCUT2D eigenvalue weighted by molar-refractivity contribution is 7.89. The summed E-state index contributed by atoms with van der Waals surface area (Å²) < 4.78 is 35.2. The molecule has 0 radical (unpaired) electrons. The van der Waals surface area contributed by atoms with Crippen molar-refractivity contribution in [2.45, 2.75) is 17.9 Å². The molecule has 1 aromatic heterocycles. The summed E-state index contributed by atoms with van der Waals surface area (Å²) in [5.41, 5.74) is 1.26. The summed E-state index contributed by atoms with van der Waals surface area (Å²) in [7, 11) is -1.11. The highest BCUT2D eigenvalue weighted by Gasteiger charge is 2.15. The van der Waals surface area contributed by atoms with Crippen molar-refractivity contribution in [3.8, 4) is 5.75 Å². The number of primary sulfonamides is 1. The maximum Gasteiger partial charge on any atom is 0.325 e. The van der Waals surface area contributed by atoms with Crippen LogP contribution < -0.4 is 14.7 Å². The number of thiazole rings is 1. The molecule has 0 saturated heterocycles. The van der Waals surface area contributed by atoms with Crippen LogP contribution in [-0.2, 0) is 37.3 Å². The Kier molecular flexibility index (Phi) is 6.34. The zero-order valence-corrected chi connectivity index (χ0v) is 17.8. The van der Waals surface area contributed by atoms with Crippen LogP contribution in [0.15, 0.2) is 52.4 Å². The molecule has 3 aromatic rings. The summed E-state index contributed by atoms with van der Waals surface area (Å²) in [4.78, 5) is 28.7. The van der Waals surface area contributed by atoms with Crippen molar-refractivity contribution >= 4 is 43.5 Å². The van der Waals surface area contributed by atoms with Gasteiger partial charge in [-0.3, -0.25) is 9.59 Å². The largest absolute Gasteiger partial charge is 0.497 e. The van der Waals surface area contributed by atoms with E-state index in [-0.39, 0.29) is 22.7 Å². The summed E-state index contributed by atoms with van der Waals surface area (Å²) in [5.74, 6) is -0.342. The number of nitrogens with two attached hydrogens (primary N) is 1. The quantitative estimate of drug-likeness (QED) is 0.563. The molecule has 30 heavy (non-hydrogen) atoms. The molecule has 0 saturated carbocycles. The van der Waals surface area contributed by atoms with Gasteiger partial charge in [-0.2, -0.15) is 4.99 Å². The van der Waals surface area contributed by atoms with Crippen molar-refractivity contribution in [1.82, 2.24) is 4.57 Å². The zero-order chi connectivity index (χ0) is 21.9. The molecule has 0 aliphatic heterocycles. The van der Waals surface area contributed by atoms with Crippen LogP contribution in [0.4, 0.5) is 0 Å². The lowest BCUT2D eigenvalue weighted by Crippen LogP contribution is -2.22. The fraction of sp³-hybridized carbons (Fsp3) is 0.211. The van der Waals surface area contributed by atoms with Crippen molar-refractivity contribution in [2.75, 3.05) is 14.2 Å². The molecule has 2 N–H and O–H groups in total. The van der Waals surface area contributed by atoms with E-state index in [4.69, 9.17) is 14.6 Å². The van der Waals surface area contributed by atoms with Crippen molar-refractivity contribution in [3.63, 3.8) is 0 Å². The number of carbonyl (C=O) groups excluding carboxylic acids is 2. The number of methoxy groups -OCH3 is 2. The molecule has 0 aliphatic rings. The van der Waals surface area contributed by atoms with E-state index in [9.17, 15) is 18.0 Å². The third kappa shape index (κ3) is 4.93. The zero-order valence-electron chi connectivity index (χ0n) is 16.2. The molecule has 158 valence electrons. The lowest BCUT2D eigenvalue weighted by atomic mass is 10.1. The summed E-state index contributed by atoms with van der Waals surface area (Å²) in [5, 5.41) is 5.19. The monoisotopic (exact) mass is 449 g/mol. The second kappa shape index (κ2) is 8.78. The molecule has 3 rings (SSSR count). The minimum absolute atomic E-state index is 0.0338. The first kappa shape index (κ1) is 21.7. The second-order valence-electron chi connectivity index (χ2n) is 6.26. The Hall–Kier alpha value is -3.02. The average molecular weight is 450 g/mol. The molecule has 0 unspecified atom stereocenters. The average Bonchev–Trinajstić information content (AvgIpc) is 3.03. The van der Waals surface area contributed by atoms with Gasteiger partial charge in [-0.05, 0) is 35.9 Å². The number of benzene rings is 2. The lowest BCUT2D eigenvalue weighted by molar-refractivity contribution is -0.141.